The molecule has 1 saturated heterocycles. The lowest BCUT2D eigenvalue weighted by molar-refractivity contribution is -0.121. The molecule has 1 aliphatic heterocycles. The van der Waals surface area contributed by atoms with Crippen LogP contribution < -0.4 is 5.32 Å². The summed E-state index contributed by atoms with van der Waals surface area (Å²) in [4.78, 5) is 27.7. The maximum atomic E-state index is 13.8. The van der Waals surface area contributed by atoms with Crippen LogP contribution in [0, 0.1) is 11.8 Å². The Labute approximate surface area is 190 Å². The van der Waals surface area contributed by atoms with Gasteiger partial charge in [-0.1, -0.05) is 37.3 Å². The van der Waals surface area contributed by atoms with Gasteiger partial charge in [0, 0.05) is 38.2 Å². The van der Waals surface area contributed by atoms with E-state index in [9.17, 15) is 14.7 Å². The van der Waals surface area contributed by atoms with Crippen LogP contribution >= 0.6 is 0 Å². The monoisotopic (exact) mass is 441 g/mol. The van der Waals surface area contributed by atoms with Gasteiger partial charge < -0.3 is 15.3 Å². The van der Waals surface area contributed by atoms with Crippen molar-refractivity contribution in [3.8, 4) is 5.69 Å². The molecule has 1 aliphatic rings. The van der Waals surface area contributed by atoms with Crippen molar-refractivity contribution in [3.05, 3.63) is 41.7 Å². The molecular formula is C24H35N5O3. The minimum atomic E-state index is -0.143. The molecule has 1 aromatic carbocycles. The fourth-order valence-corrected chi connectivity index (χ4v) is 4.27. The van der Waals surface area contributed by atoms with Crippen molar-refractivity contribution in [1.82, 2.24) is 25.2 Å². The van der Waals surface area contributed by atoms with Crippen LogP contribution in [0.5, 0.6) is 0 Å². The van der Waals surface area contributed by atoms with Crippen molar-refractivity contribution in [2.24, 2.45) is 11.8 Å². The Morgan fingerprint density at radius 3 is 2.62 bits per heavy atom. The van der Waals surface area contributed by atoms with Gasteiger partial charge in [-0.3, -0.25) is 9.59 Å². The molecule has 0 spiro atoms. The molecule has 1 fully saturated rings. The summed E-state index contributed by atoms with van der Waals surface area (Å²) in [5.41, 5.74) is 1.97. The van der Waals surface area contributed by atoms with E-state index >= 15 is 0 Å². The molecule has 174 valence electrons. The average Bonchev–Trinajstić information content (AvgIpc) is 3.21. The van der Waals surface area contributed by atoms with Crippen molar-refractivity contribution < 1.29 is 14.7 Å². The van der Waals surface area contributed by atoms with Gasteiger partial charge in [0.1, 0.15) is 5.78 Å². The number of unbranched alkanes of at least 4 members (excludes halogenated alkanes) is 1. The molecule has 0 aliphatic carbocycles. The number of nitrogens with one attached hydrogen (secondary N) is 1. The molecule has 0 radical (unpaired) electrons. The van der Waals surface area contributed by atoms with E-state index in [1.165, 1.54) is 0 Å². The molecule has 3 rings (SSSR count). The molecule has 8 nitrogen and oxygen atoms in total. The zero-order valence-electron chi connectivity index (χ0n) is 19.3. The first-order valence-corrected chi connectivity index (χ1v) is 11.5. The zero-order chi connectivity index (χ0) is 23.1. The molecule has 2 N–H and O–H groups in total. The third-order valence-electron chi connectivity index (χ3n) is 5.95. The Hall–Kier alpha value is -2.58. The van der Waals surface area contributed by atoms with Gasteiger partial charge in [-0.2, -0.15) is 0 Å². The molecule has 8 heteroatoms. The number of aromatic nitrogens is 3. The van der Waals surface area contributed by atoms with Gasteiger partial charge in [-0.15, -0.1) is 5.10 Å². The fourth-order valence-electron chi connectivity index (χ4n) is 4.27. The second-order valence-electron chi connectivity index (χ2n) is 9.02. The standard InChI is InChI=1S/C24H35N5O3/c1-17(2)16-28(21-13-19(18(3)31)14-25-15-21)24(32)23-22(11-7-8-12-30)29(27-26-23)20-9-5-4-6-10-20/h4-6,9-10,17,19,21,25,30H,7-8,11-16H2,1-3H3/t19-,21+/m1/s1. The Balaban J connectivity index is 1.94. The molecular weight excluding hydrogens is 406 g/mol. The van der Waals surface area contributed by atoms with Crippen molar-refractivity contribution in [2.45, 2.75) is 52.5 Å². The predicted octanol–water partition coefficient (Wildman–Crippen LogP) is 2.25. The predicted molar refractivity (Wildman–Crippen MR) is 123 cm³/mol. The molecule has 2 aromatic rings. The summed E-state index contributed by atoms with van der Waals surface area (Å²) in [6.45, 7) is 7.80. The summed E-state index contributed by atoms with van der Waals surface area (Å²) in [7, 11) is 0. The largest absolute Gasteiger partial charge is 0.396 e. The van der Waals surface area contributed by atoms with E-state index in [4.69, 9.17) is 0 Å². The Morgan fingerprint density at radius 1 is 1.22 bits per heavy atom. The number of hydrogen-bond donors (Lipinski definition) is 2. The number of Topliss-reactive ketones (excluding diaryl/α,β-unsaturated/α-hetero) is 1. The highest BCUT2D eigenvalue weighted by Crippen LogP contribution is 2.23. The lowest BCUT2D eigenvalue weighted by Gasteiger charge is -2.38. The number of nitrogens with zero attached hydrogens (tertiary/aromatic N) is 4. The van der Waals surface area contributed by atoms with E-state index in [1.54, 1.807) is 11.6 Å². The number of amides is 1. The highest BCUT2D eigenvalue weighted by molar-refractivity contribution is 5.93. The Morgan fingerprint density at radius 2 is 1.97 bits per heavy atom. The van der Waals surface area contributed by atoms with E-state index in [-0.39, 0.29) is 36.2 Å². The molecule has 0 unspecified atom stereocenters. The lowest BCUT2D eigenvalue weighted by atomic mass is 9.91. The first-order valence-electron chi connectivity index (χ1n) is 11.5. The summed E-state index contributed by atoms with van der Waals surface area (Å²) in [6, 6.07) is 9.59. The molecule has 1 amide bonds. The number of hydrogen-bond acceptors (Lipinski definition) is 6. The maximum Gasteiger partial charge on any atom is 0.276 e. The van der Waals surface area contributed by atoms with E-state index in [0.29, 0.717) is 44.6 Å². The number of ketones is 1. The summed E-state index contributed by atoms with van der Waals surface area (Å²) >= 11 is 0. The van der Waals surface area contributed by atoms with Gasteiger partial charge in [-0.05, 0) is 50.7 Å². The van der Waals surface area contributed by atoms with Crippen LogP contribution in [0.2, 0.25) is 0 Å². The van der Waals surface area contributed by atoms with E-state index in [0.717, 1.165) is 17.8 Å². The molecule has 2 heterocycles. The minimum absolute atomic E-state index is 0.0697. The van der Waals surface area contributed by atoms with E-state index in [1.807, 2.05) is 35.2 Å². The van der Waals surface area contributed by atoms with Crippen molar-refractivity contribution >= 4 is 11.7 Å². The smallest absolute Gasteiger partial charge is 0.276 e. The van der Waals surface area contributed by atoms with Gasteiger partial charge >= 0.3 is 0 Å². The number of para-hydroxylation sites is 1. The van der Waals surface area contributed by atoms with Crippen molar-refractivity contribution in [3.63, 3.8) is 0 Å². The highest BCUT2D eigenvalue weighted by Gasteiger charge is 2.34. The second kappa shape index (κ2) is 11.3. The molecule has 1 aromatic heterocycles. The van der Waals surface area contributed by atoms with Gasteiger partial charge in [0.05, 0.1) is 11.4 Å². The molecule has 0 saturated carbocycles. The number of carbonyl (C=O) groups excluding carboxylic acids is 2. The molecule has 0 bridgehead atoms. The van der Waals surface area contributed by atoms with Crippen LogP contribution in [0.1, 0.15) is 56.2 Å². The van der Waals surface area contributed by atoms with Crippen molar-refractivity contribution in [1.29, 1.82) is 0 Å². The summed E-state index contributed by atoms with van der Waals surface area (Å²) < 4.78 is 1.73. The lowest BCUT2D eigenvalue weighted by Crippen LogP contribution is -2.53. The quantitative estimate of drug-likeness (QED) is 0.549. The fraction of sp³-hybridized carbons (Fsp3) is 0.583. The average molecular weight is 442 g/mol. The topological polar surface area (TPSA) is 100 Å². The van der Waals surface area contributed by atoms with E-state index < -0.39 is 0 Å². The second-order valence-corrected chi connectivity index (χ2v) is 9.02. The zero-order valence-corrected chi connectivity index (χ0v) is 19.3. The Kier molecular flexibility index (Phi) is 8.53. The normalized spacial score (nSPS) is 18.7. The molecule has 2 atom stereocenters. The number of benzene rings is 1. The molecule has 32 heavy (non-hydrogen) atoms. The number of piperidine rings is 1. The van der Waals surface area contributed by atoms with Crippen LogP contribution in [-0.2, 0) is 11.2 Å². The van der Waals surface area contributed by atoms with Crippen molar-refractivity contribution in [2.75, 3.05) is 26.2 Å². The third-order valence-corrected chi connectivity index (χ3v) is 5.95. The van der Waals surface area contributed by atoms with Crippen LogP contribution in [0.15, 0.2) is 30.3 Å². The first-order chi connectivity index (χ1) is 15.4. The number of rotatable bonds is 10. The highest BCUT2D eigenvalue weighted by atomic mass is 16.3. The summed E-state index contributed by atoms with van der Waals surface area (Å²) in [5, 5.41) is 21.2. The number of aliphatic hydroxyl groups excluding tert-OH is 1. The van der Waals surface area contributed by atoms with Gasteiger partial charge in [-0.25, -0.2) is 4.68 Å². The van der Waals surface area contributed by atoms with Gasteiger partial charge in [0.25, 0.3) is 5.91 Å². The summed E-state index contributed by atoms with van der Waals surface area (Å²) in [6.07, 6.45) is 2.64. The first kappa shape index (κ1) is 24.1. The Bertz CT molecular complexity index is 896. The third kappa shape index (κ3) is 5.81. The SMILES string of the molecule is CC(=O)[C@H]1CNC[C@@H](N(CC(C)C)C(=O)c2nnn(-c3ccccc3)c2CCCCO)C1. The maximum absolute atomic E-state index is 13.8. The van der Waals surface area contributed by atoms with Crippen LogP contribution in [0.25, 0.3) is 5.69 Å². The van der Waals surface area contributed by atoms with Gasteiger partial charge in [0.2, 0.25) is 0 Å². The van der Waals surface area contributed by atoms with Gasteiger partial charge in [0.15, 0.2) is 5.69 Å². The number of aliphatic hydroxyl groups is 1. The van der Waals surface area contributed by atoms with E-state index in [2.05, 4.69) is 29.5 Å². The van der Waals surface area contributed by atoms with Crippen LogP contribution in [0.4, 0.5) is 0 Å². The van der Waals surface area contributed by atoms with Crippen LogP contribution in [-0.4, -0.2) is 69.0 Å². The summed E-state index contributed by atoms with van der Waals surface area (Å²) in [5.74, 6) is 0.202. The van der Waals surface area contributed by atoms with Crippen LogP contribution in [0.3, 0.4) is 0 Å². The minimum Gasteiger partial charge on any atom is -0.396 e. The number of carbonyl (C=O) groups is 2.